The molecule has 0 bridgehead atoms. The van der Waals surface area contributed by atoms with E-state index < -0.39 is 0 Å². The molecule has 3 rings (SSSR count). The molecule has 0 aliphatic heterocycles. The predicted molar refractivity (Wildman–Crippen MR) is 65.6 cm³/mol. The Labute approximate surface area is 101 Å². The van der Waals surface area contributed by atoms with E-state index in [4.69, 9.17) is 4.42 Å². The molecular weight excluding hydrogens is 212 g/mol. The molecule has 0 amide bonds. The number of rotatable bonds is 5. The van der Waals surface area contributed by atoms with Gasteiger partial charge < -0.3 is 9.73 Å². The van der Waals surface area contributed by atoms with Crippen LogP contribution < -0.4 is 5.32 Å². The standard InChI is InChI=1S/C14H16N2O/c1-2-11(9-15-7-1)8-13-5-6-14(17-13)10-16-12-3-4-12/h1-2,5-7,9,12,16H,3-4,8,10H2. The molecule has 1 fully saturated rings. The van der Waals surface area contributed by atoms with E-state index >= 15 is 0 Å². The van der Waals surface area contributed by atoms with Gasteiger partial charge >= 0.3 is 0 Å². The summed E-state index contributed by atoms with van der Waals surface area (Å²) in [5, 5.41) is 3.44. The zero-order chi connectivity index (χ0) is 11.5. The molecule has 2 heterocycles. The van der Waals surface area contributed by atoms with Crippen molar-refractivity contribution in [3.63, 3.8) is 0 Å². The van der Waals surface area contributed by atoms with Crippen LogP contribution in [0.5, 0.6) is 0 Å². The van der Waals surface area contributed by atoms with Crippen LogP contribution in [0.25, 0.3) is 0 Å². The fourth-order valence-corrected chi connectivity index (χ4v) is 1.85. The van der Waals surface area contributed by atoms with Gasteiger partial charge in [-0.2, -0.15) is 0 Å². The van der Waals surface area contributed by atoms with E-state index in [-0.39, 0.29) is 0 Å². The highest BCUT2D eigenvalue weighted by Crippen LogP contribution is 2.20. The number of aromatic nitrogens is 1. The Kier molecular flexibility index (Phi) is 2.92. The highest BCUT2D eigenvalue weighted by Gasteiger charge is 2.20. The SMILES string of the molecule is c1cncc(Cc2ccc(CNC3CC3)o2)c1. The third kappa shape index (κ3) is 2.94. The number of furan rings is 1. The van der Waals surface area contributed by atoms with E-state index in [0.29, 0.717) is 0 Å². The minimum atomic E-state index is 0.724. The normalized spacial score (nSPS) is 15.1. The molecule has 0 aromatic carbocycles. The Balaban J connectivity index is 1.59. The van der Waals surface area contributed by atoms with Gasteiger partial charge in [-0.3, -0.25) is 4.98 Å². The van der Waals surface area contributed by atoms with Gasteiger partial charge in [-0.25, -0.2) is 0 Å². The molecule has 1 aliphatic rings. The summed E-state index contributed by atoms with van der Waals surface area (Å²) in [5.74, 6) is 2.03. The van der Waals surface area contributed by atoms with Crippen molar-refractivity contribution < 1.29 is 4.42 Å². The van der Waals surface area contributed by atoms with Crippen LogP contribution in [0.1, 0.15) is 29.9 Å². The largest absolute Gasteiger partial charge is 0.464 e. The summed E-state index contributed by atoms with van der Waals surface area (Å²) in [4.78, 5) is 4.10. The third-order valence-corrected chi connectivity index (χ3v) is 2.96. The average molecular weight is 228 g/mol. The van der Waals surface area contributed by atoms with E-state index in [0.717, 1.165) is 30.5 Å². The molecule has 1 N–H and O–H groups in total. The molecule has 17 heavy (non-hydrogen) atoms. The van der Waals surface area contributed by atoms with Crippen molar-refractivity contribution in [1.82, 2.24) is 10.3 Å². The van der Waals surface area contributed by atoms with Gasteiger partial charge in [0.25, 0.3) is 0 Å². The lowest BCUT2D eigenvalue weighted by Crippen LogP contribution is -2.14. The van der Waals surface area contributed by atoms with E-state index in [1.54, 1.807) is 6.20 Å². The van der Waals surface area contributed by atoms with Crippen LogP contribution in [0.2, 0.25) is 0 Å². The van der Waals surface area contributed by atoms with Crippen molar-refractivity contribution >= 4 is 0 Å². The number of nitrogens with one attached hydrogen (secondary N) is 1. The van der Waals surface area contributed by atoms with Gasteiger partial charge in [0.05, 0.1) is 6.54 Å². The number of hydrogen-bond donors (Lipinski definition) is 1. The predicted octanol–water partition coefficient (Wildman–Crippen LogP) is 2.52. The average Bonchev–Trinajstić information content (AvgIpc) is 3.09. The zero-order valence-corrected chi connectivity index (χ0v) is 9.73. The van der Waals surface area contributed by atoms with Crippen LogP contribution >= 0.6 is 0 Å². The van der Waals surface area contributed by atoms with Crippen LogP contribution in [0.4, 0.5) is 0 Å². The van der Waals surface area contributed by atoms with Gasteiger partial charge in [-0.15, -0.1) is 0 Å². The van der Waals surface area contributed by atoms with Gasteiger partial charge in [0, 0.05) is 24.9 Å². The summed E-state index contributed by atoms with van der Waals surface area (Å²) in [6.45, 7) is 0.845. The zero-order valence-electron chi connectivity index (χ0n) is 9.73. The maximum absolute atomic E-state index is 5.78. The summed E-state index contributed by atoms with van der Waals surface area (Å²) >= 11 is 0. The minimum absolute atomic E-state index is 0.724. The molecule has 2 aromatic heterocycles. The van der Waals surface area contributed by atoms with Crippen molar-refractivity contribution in [1.29, 1.82) is 0 Å². The third-order valence-electron chi connectivity index (χ3n) is 2.96. The lowest BCUT2D eigenvalue weighted by molar-refractivity contribution is 0.452. The number of hydrogen-bond acceptors (Lipinski definition) is 3. The Morgan fingerprint density at radius 2 is 2.12 bits per heavy atom. The van der Waals surface area contributed by atoms with Crippen LogP contribution in [-0.2, 0) is 13.0 Å². The van der Waals surface area contributed by atoms with Gasteiger partial charge in [-0.05, 0) is 36.6 Å². The first-order chi connectivity index (χ1) is 8.40. The van der Waals surface area contributed by atoms with Crippen LogP contribution in [0, 0.1) is 0 Å². The number of nitrogens with zero attached hydrogens (tertiary/aromatic N) is 1. The summed E-state index contributed by atoms with van der Waals surface area (Å²) in [7, 11) is 0. The molecule has 0 saturated heterocycles. The van der Waals surface area contributed by atoms with Crippen molar-refractivity contribution in [3.05, 3.63) is 53.7 Å². The highest BCUT2D eigenvalue weighted by molar-refractivity contribution is 5.18. The molecule has 0 unspecified atom stereocenters. The van der Waals surface area contributed by atoms with Crippen molar-refractivity contribution in [3.8, 4) is 0 Å². The van der Waals surface area contributed by atoms with Gasteiger partial charge in [0.15, 0.2) is 0 Å². The second-order valence-electron chi connectivity index (χ2n) is 4.56. The molecule has 0 atom stereocenters. The van der Waals surface area contributed by atoms with Crippen molar-refractivity contribution in [2.24, 2.45) is 0 Å². The van der Waals surface area contributed by atoms with E-state index in [1.807, 2.05) is 12.3 Å². The topological polar surface area (TPSA) is 38.1 Å². The summed E-state index contributed by atoms with van der Waals surface area (Å²) in [6.07, 6.45) is 7.10. The molecule has 1 saturated carbocycles. The fourth-order valence-electron chi connectivity index (χ4n) is 1.85. The Morgan fingerprint density at radius 3 is 2.88 bits per heavy atom. The molecule has 3 nitrogen and oxygen atoms in total. The maximum Gasteiger partial charge on any atom is 0.117 e. The van der Waals surface area contributed by atoms with Crippen LogP contribution in [-0.4, -0.2) is 11.0 Å². The Morgan fingerprint density at radius 1 is 1.24 bits per heavy atom. The molecular formula is C14H16N2O. The minimum Gasteiger partial charge on any atom is -0.464 e. The lowest BCUT2D eigenvalue weighted by Gasteiger charge is -1.99. The van der Waals surface area contributed by atoms with E-state index in [9.17, 15) is 0 Å². The van der Waals surface area contributed by atoms with Gasteiger partial charge in [0.2, 0.25) is 0 Å². The Bertz CT molecular complexity index is 474. The smallest absolute Gasteiger partial charge is 0.117 e. The van der Waals surface area contributed by atoms with Gasteiger partial charge in [0.1, 0.15) is 11.5 Å². The molecule has 2 aromatic rings. The molecule has 0 radical (unpaired) electrons. The summed E-state index contributed by atoms with van der Waals surface area (Å²) in [6, 6.07) is 8.85. The first-order valence-electron chi connectivity index (χ1n) is 6.10. The van der Waals surface area contributed by atoms with Crippen LogP contribution in [0.15, 0.2) is 41.1 Å². The Hall–Kier alpha value is -1.61. The first-order valence-corrected chi connectivity index (χ1v) is 6.10. The maximum atomic E-state index is 5.78. The second kappa shape index (κ2) is 4.72. The van der Waals surface area contributed by atoms with Crippen LogP contribution in [0.3, 0.4) is 0 Å². The van der Waals surface area contributed by atoms with E-state index in [2.05, 4.69) is 28.5 Å². The monoisotopic (exact) mass is 228 g/mol. The number of pyridine rings is 1. The molecule has 1 aliphatic carbocycles. The molecule has 0 spiro atoms. The first kappa shape index (κ1) is 10.5. The highest BCUT2D eigenvalue weighted by atomic mass is 16.3. The quantitative estimate of drug-likeness (QED) is 0.854. The summed E-state index contributed by atoms with van der Waals surface area (Å²) in [5.41, 5.74) is 1.18. The lowest BCUT2D eigenvalue weighted by atomic mass is 10.2. The summed E-state index contributed by atoms with van der Waals surface area (Å²) < 4.78 is 5.78. The molecule has 88 valence electrons. The fraction of sp³-hybridized carbons (Fsp3) is 0.357. The molecule has 3 heteroatoms. The van der Waals surface area contributed by atoms with Gasteiger partial charge in [-0.1, -0.05) is 6.07 Å². The second-order valence-corrected chi connectivity index (χ2v) is 4.56. The van der Waals surface area contributed by atoms with E-state index in [1.165, 1.54) is 18.4 Å². The van der Waals surface area contributed by atoms with Crippen molar-refractivity contribution in [2.45, 2.75) is 31.8 Å². The van der Waals surface area contributed by atoms with Crippen molar-refractivity contribution in [2.75, 3.05) is 0 Å².